The molecule has 0 unspecified atom stereocenters. The number of morpholine rings is 1. The molecule has 0 saturated carbocycles. The zero-order valence-corrected chi connectivity index (χ0v) is 14.4. The molecular weight excluding hydrogens is 322 g/mol. The molecule has 4 rings (SSSR count). The van der Waals surface area contributed by atoms with Crippen molar-refractivity contribution in [2.75, 3.05) is 33.4 Å². The molecule has 0 amide bonds. The van der Waals surface area contributed by atoms with E-state index in [1.165, 1.54) is 4.88 Å². The van der Waals surface area contributed by atoms with Crippen molar-refractivity contribution in [1.29, 1.82) is 0 Å². The molecule has 0 aliphatic carbocycles. The largest absolute Gasteiger partial charge is 0.497 e. The Bertz CT molecular complexity index is 843. The Labute approximate surface area is 144 Å². The Hall–Kier alpha value is -2.02. The van der Waals surface area contributed by atoms with Gasteiger partial charge in [-0.15, -0.1) is 11.3 Å². The Morgan fingerprint density at radius 3 is 2.96 bits per heavy atom. The van der Waals surface area contributed by atoms with E-state index in [-0.39, 0.29) is 0 Å². The summed E-state index contributed by atoms with van der Waals surface area (Å²) in [6.45, 7) is 4.60. The lowest BCUT2D eigenvalue weighted by Crippen LogP contribution is -2.35. The number of ether oxygens (including phenoxy) is 2. The lowest BCUT2D eigenvalue weighted by molar-refractivity contribution is 0.0346. The van der Waals surface area contributed by atoms with Crippen molar-refractivity contribution in [2.45, 2.75) is 6.54 Å². The van der Waals surface area contributed by atoms with E-state index in [0.29, 0.717) is 0 Å². The number of aromatic nitrogens is 2. The maximum Gasteiger partial charge on any atom is 0.160 e. The first-order valence-corrected chi connectivity index (χ1v) is 8.83. The van der Waals surface area contributed by atoms with Crippen LogP contribution in [0.4, 0.5) is 0 Å². The molecule has 1 fully saturated rings. The zero-order valence-electron chi connectivity index (χ0n) is 13.6. The molecule has 6 heteroatoms. The van der Waals surface area contributed by atoms with Crippen molar-refractivity contribution in [3.8, 4) is 17.1 Å². The van der Waals surface area contributed by atoms with E-state index in [1.807, 2.05) is 30.5 Å². The third-order valence-electron chi connectivity index (χ3n) is 4.14. The highest BCUT2D eigenvalue weighted by atomic mass is 32.1. The van der Waals surface area contributed by atoms with Crippen LogP contribution in [0.25, 0.3) is 21.6 Å². The van der Waals surface area contributed by atoms with Crippen LogP contribution >= 0.6 is 11.3 Å². The van der Waals surface area contributed by atoms with E-state index < -0.39 is 0 Å². The van der Waals surface area contributed by atoms with Crippen molar-refractivity contribution in [1.82, 2.24) is 14.9 Å². The second-order valence-electron chi connectivity index (χ2n) is 5.79. The molecule has 0 radical (unpaired) electrons. The molecule has 0 N–H and O–H groups in total. The Morgan fingerprint density at radius 1 is 1.25 bits per heavy atom. The molecule has 3 aromatic rings. The van der Waals surface area contributed by atoms with Crippen LogP contribution in [0.3, 0.4) is 0 Å². The summed E-state index contributed by atoms with van der Waals surface area (Å²) in [5.41, 5.74) is 0.972. The molecule has 0 atom stereocenters. The second-order valence-corrected chi connectivity index (χ2v) is 6.90. The van der Waals surface area contributed by atoms with E-state index in [2.05, 4.69) is 16.0 Å². The van der Waals surface area contributed by atoms with Crippen LogP contribution in [0.5, 0.6) is 5.75 Å². The second kappa shape index (κ2) is 6.84. The normalized spacial score (nSPS) is 15.7. The van der Waals surface area contributed by atoms with E-state index in [9.17, 15) is 0 Å². The van der Waals surface area contributed by atoms with Crippen molar-refractivity contribution >= 4 is 21.6 Å². The SMILES string of the molecule is COc1cccc(-c2ncc3cc(CN4CCOCC4)sc3n2)c1. The summed E-state index contributed by atoms with van der Waals surface area (Å²) in [7, 11) is 1.67. The number of hydrogen-bond donors (Lipinski definition) is 0. The fraction of sp³-hybridized carbons (Fsp3) is 0.333. The van der Waals surface area contributed by atoms with E-state index in [1.54, 1.807) is 18.4 Å². The standard InChI is InChI=1S/C18H19N3O2S/c1-22-15-4-2-3-13(9-15)17-19-11-14-10-16(24-18(14)20-17)12-21-5-7-23-8-6-21/h2-4,9-11H,5-8,12H2,1H3. The maximum absolute atomic E-state index is 5.41. The summed E-state index contributed by atoms with van der Waals surface area (Å²) in [6.07, 6.45) is 1.91. The fourth-order valence-corrected chi connectivity index (χ4v) is 3.89. The van der Waals surface area contributed by atoms with Crippen molar-refractivity contribution in [2.24, 2.45) is 0 Å². The van der Waals surface area contributed by atoms with Gasteiger partial charge in [-0.1, -0.05) is 12.1 Å². The predicted octanol–water partition coefficient (Wildman–Crippen LogP) is 3.20. The number of rotatable bonds is 4. The monoisotopic (exact) mass is 341 g/mol. The van der Waals surface area contributed by atoms with Crippen LogP contribution in [0, 0.1) is 0 Å². The number of nitrogens with zero attached hydrogens (tertiary/aromatic N) is 3. The summed E-state index contributed by atoms with van der Waals surface area (Å²) < 4.78 is 10.7. The predicted molar refractivity (Wildman–Crippen MR) is 95.5 cm³/mol. The molecule has 0 bridgehead atoms. The minimum Gasteiger partial charge on any atom is -0.497 e. The molecule has 124 valence electrons. The van der Waals surface area contributed by atoms with E-state index >= 15 is 0 Å². The van der Waals surface area contributed by atoms with Gasteiger partial charge >= 0.3 is 0 Å². The first-order chi connectivity index (χ1) is 11.8. The minimum atomic E-state index is 0.737. The van der Waals surface area contributed by atoms with Gasteiger partial charge in [0.25, 0.3) is 0 Å². The van der Waals surface area contributed by atoms with Crippen LogP contribution in [0.15, 0.2) is 36.5 Å². The first-order valence-electron chi connectivity index (χ1n) is 8.02. The highest BCUT2D eigenvalue weighted by Gasteiger charge is 2.13. The average molecular weight is 341 g/mol. The van der Waals surface area contributed by atoms with Gasteiger partial charge in [0.05, 0.1) is 20.3 Å². The quantitative estimate of drug-likeness (QED) is 0.729. The number of hydrogen-bond acceptors (Lipinski definition) is 6. The van der Waals surface area contributed by atoms with Gasteiger partial charge in [-0.05, 0) is 18.2 Å². The van der Waals surface area contributed by atoms with Gasteiger partial charge in [-0.3, -0.25) is 4.90 Å². The Morgan fingerprint density at radius 2 is 2.12 bits per heavy atom. The first kappa shape index (κ1) is 15.5. The molecule has 0 spiro atoms. The topological polar surface area (TPSA) is 47.5 Å². The fourth-order valence-electron chi connectivity index (χ4n) is 2.84. The summed E-state index contributed by atoms with van der Waals surface area (Å²) in [6, 6.07) is 10.0. The van der Waals surface area contributed by atoms with E-state index in [4.69, 9.17) is 14.5 Å². The van der Waals surface area contributed by atoms with Gasteiger partial charge in [0.15, 0.2) is 5.82 Å². The number of benzene rings is 1. The summed E-state index contributed by atoms with van der Waals surface area (Å²) >= 11 is 1.74. The Kier molecular flexibility index (Phi) is 4.42. The highest BCUT2D eigenvalue weighted by Crippen LogP contribution is 2.28. The smallest absolute Gasteiger partial charge is 0.160 e. The summed E-state index contributed by atoms with van der Waals surface area (Å²) in [5, 5.41) is 1.11. The number of fused-ring (bicyclic) bond motifs is 1. The number of methoxy groups -OCH3 is 1. The van der Waals surface area contributed by atoms with Gasteiger partial charge in [-0.2, -0.15) is 0 Å². The van der Waals surface area contributed by atoms with Crippen LogP contribution in [-0.2, 0) is 11.3 Å². The third kappa shape index (κ3) is 3.26. The molecular formula is C18H19N3O2S. The minimum absolute atomic E-state index is 0.737. The molecule has 3 heterocycles. The molecule has 24 heavy (non-hydrogen) atoms. The summed E-state index contributed by atoms with van der Waals surface area (Å²) in [4.78, 5) is 14.0. The summed E-state index contributed by atoms with van der Waals surface area (Å²) in [5.74, 6) is 1.55. The maximum atomic E-state index is 5.41. The Balaban J connectivity index is 1.60. The molecule has 5 nitrogen and oxygen atoms in total. The van der Waals surface area contributed by atoms with Crippen LogP contribution in [-0.4, -0.2) is 48.3 Å². The highest BCUT2D eigenvalue weighted by molar-refractivity contribution is 7.18. The van der Waals surface area contributed by atoms with Crippen LogP contribution in [0.1, 0.15) is 4.88 Å². The van der Waals surface area contributed by atoms with E-state index in [0.717, 1.165) is 60.2 Å². The van der Waals surface area contributed by atoms with Gasteiger partial charge in [0.1, 0.15) is 10.6 Å². The van der Waals surface area contributed by atoms with Gasteiger partial charge in [-0.25, -0.2) is 9.97 Å². The van der Waals surface area contributed by atoms with Gasteiger partial charge in [0.2, 0.25) is 0 Å². The van der Waals surface area contributed by atoms with Crippen molar-refractivity contribution in [3.63, 3.8) is 0 Å². The molecule has 1 aliphatic rings. The van der Waals surface area contributed by atoms with Gasteiger partial charge < -0.3 is 9.47 Å². The third-order valence-corrected chi connectivity index (χ3v) is 5.17. The molecule has 1 aromatic carbocycles. The van der Waals surface area contributed by atoms with Crippen LogP contribution < -0.4 is 4.74 Å². The van der Waals surface area contributed by atoms with Crippen molar-refractivity contribution < 1.29 is 9.47 Å². The zero-order chi connectivity index (χ0) is 16.4. The lowest BCUT2D eigenvalue weighted by atomic mass is 10.2. The van der Waals surface area contributed by atoms with Gasteiger partial charge in [0, 0.05) is 41.7 Å². The molecule has 1 aliphatic heterocycles. The molecule has 2 aromatic heterocycles. The van der Waals surface area contributed by atoms with Crippen molar-refractivity contribution in [3.05, 3.63) is 41.4 Å². The average Bonchev–Trinajstić information content (AvgIpc) is 3.04. The van der Waals surface area contributed by atoms with Crippen LogP contribution in [0.2, 0.25) is 0 Å². The number of thiophene rings is 1. The molecule has 1 saturated heterocycles. The lowest BCUT2D eigenvalue weighted by Gasteiger charge is -2.25.